The molecule has 0 aromatic carbocycles. The minimum absolute atomic E-state index is 0.145. The second-order valence-electron chi connectivity index (χ2n) is 8.52. The number of carbonyl (C=O) groups is 4. The van der Waals surface area contributed by atoms with E-state index in [4.69, 9.17) is 4.74 Å². The lowest BCUT2D eigenvalue weighted by Gasteiger charge is -2.25. The van der Waals surface area contributed by atoms with Crippen LogP contribution in [-0.4, -0.2) is 67.8 Å². The minimum atomic E-state index is -5.00. The predicted octanol–water partition coefficient (Wildman–Crippen LogP) is 0.567. The Kier molecular flexibility index (Phi) is 8.10. The third-order valence-corrected chi connectivity index (χ3v) is 5.89. The van der Waals surface area contributed by atoms with Gasteiger partial charge in [-0.1, -0.05) is 12.8 Å². The number of amides is 3. The van der Waals surface area contributed by atoms with E-state index in [-0.39, 0.29) is 18.2 Å². The zero-order chi connectivity index (χ0) is 23.3. The smallest absolute Gasteiger partial charge is 0.368 e. The molecule has 0 spiro atoms. The fourth-order valence-corrected chi connectivity index (χ4v) is 3.92. The van der Waals surface area contributed by atoms with Gasteiger partial charge in [0.2, 0.25) is 17.7 Å². The number of hydrogen-bond donors (Lipinski definition) is 3. The number of hydrogen-bond acceptors (Lipinski definition) is 6. The van der Waals surface area contributed by atoms with Crippen molar-refractivity contribution in [3.05, 3.63) is 0 Å². The Morgan fingerprint density at radius 2 is 1.84 bits per heavy atom. The van der Waals surface area contributed by atoms with Crippen LogP contribution in [0, 0.1) is 11.8 Å². The SMILES string of the molecule is O=C(COC(F)(F)F)C(C[C@@H]1CCNC1=O)NC(=O)C(CC1CC1)NC(=O)[C@H]1CCCO1. The van der Waals surface area contributed by atoms with E-state index < -0.39 is 54.7 Å². The van der Waals surface area contributed by atoms with Crippen LogP contribution in [0.3, 0.4) is 0 Å². The minimum Gasteiger partial charge on any atom is -0.368 e. The number of carbonyl (C=O) groups excluding carboxylic acids is 4. The van der Waals surface area contributed by atoms with Gasteiger partial charge in [-0.3, -0.25) is 23.9 Å². The quantitative estimate of drug-likeness (QED) is 0.412. The summed E-state index contributed by atoms with van der Waals surface area (Å²) in [6.07, 6.45) is -1.95. The standard InChI is InChI=1S/C20H28F3N3O6/c21-20(22,23)32-10-15(27)13(9-12-5-6-24-17(12)28)25-18(29)14(8-11-3-4-11)26-19(30)16-2-1-7-31-16/h11-14,16H,1-10H2,(H,24,28)(H,25,29)(H,26,30)/t12-,13?,14?,16+/m0/s1. The number of Topliss-reactive ketones (excluding diaryl/α,β-unsaturated/α-hetero) is 1. The van der Waals surface area contributed by atoms with Gasteiger partial charge in [-0.2, -0.15) is 0 Å². The molecule has 12 heteroatoms. The molecule has 0 bridgehead atoms. The number of halogens is 3. The van der Waals surface area contributed by atoms with Crippen molar-refractivity contribution in [3.8, 4) is 0 Å². The molecule has 3 rings (SSSR count). The van der Waals surface area contributed by atoms with Gasteiger partial charge < -0.3 is 20.7 Å². The molecule has 1 aliphatic carbocycles. The summed E-state index contributed by atoms with van der Waals surface area (Å²) in [5, 5.41) is 7.71. The van der Waals surface area contributed by atoms with Crippen LogP contribution in [0.15, 0.2) is 0 Å². The molecule has 2 saturated heterocycles. The van der Waals surface area contributed by atoms with Crippen molar-refractivity contribution >= 4 is 23.5 Å². The summed E-state index contributed by atoms with van der Waals surface area (Å²) in [5.41, 5.74) is 0. The van der Waals surface area contributed by atoms with Gasteiger partial charge >= 0.3 is 6.36 Å². The van der Waals surface area contributed by atoms with E-state index in [2.05, 4.69) is 20.7 Å². The lowest BCUT2D eigenvalue weighted by molar-refractivity contribution is -0.321. The van der Waals surface area contributed by atoms with Gasteiger partial charge in [-0.25, -0.2) is 0 Å². The number of alkyl halides is 3. The highest BCUT2D eigenvalue weighted by atomic mass is 19.4. The summed E-state index contributed by atoms with van der Waals surface area (Å²) in [5.74, 6) is -2.79. The molecule has 32 heavy (non-hydrogen) atoms. The average molecular weight is 463 g/mol. The zero-order valence-corrected chi connectivity index (χ0v) is 17.5. The monoisotopic (exact) mass is 463 g/mol. The van der Waals surface area contributed by atoms with E-state index in [0.717, 1.165) is 19.3 Å². The molecular weight excluding hydrogens is 435 g/mol. The maximum Gasteiger partial charge on any atom is 0.522 e. The van der Waals surface area contributed by atoms with Gasteiger partial charge in [0.1, 0.15) is 18.8 Å². The Hall–Kier alpha value is -2.21. The van der Waals surface area contributed by atoms with Crippen molar-refractivity contribution in [1.29, 1.82) is 0 Å². The molecule has 4 atom stereocenters. The van der Waals surface area contributed by atoms with Gasteiger partial charge in [0, 0.05) is 19.1 Å². The van der Waals surface area contributed by atoms with E-state index in [1.807, 2.05) is 0 Å². The second-order valence-corrected chi connectivity index (χ2v) is 8.52. The topological polar surface area (TPSA) is 123 Å². The van der Waals surface area contributed by atoms with E-state index in [0.29, 0.717) is 32.4 Å². The van der Waals surface area contributed by atoms with Crippen molar-refractivity contribution in [2.45, 2.75) is 69.5 Å². The van der Waals surface area contributed by atoms with E-state index in [9.17, 15) is 32.3 Å². The Bertz CT molecular complexity index is 722. The summed E-state index contributed by atoms with van der Waals surface area (Å²) in [6.45, 7) is -0.436. The van der Waals surface area contributed by atoms with Gasteiger partial charge in [-0.05, 0) is 38.0 Å². The largest absolute Gasteiger partial charge is 0.522 e. The van der Waals surface area contributed by atoms with Crippen molar-refractivity contribution in [3.63, 3.8) is 0 Å². The van der Waals surface area contributed by atoms with Crippen molar-refractivity contribution in [1.82, 2.24) is 16.0 Å². The molecule has 2 unspecified atom stereocenters. The maximum absolute atomic E-state index is 12.9. The highest BCUT2D eigenvalue weighted by molar-refractivity contribution is 5.94. The molecule has 2 aliphatic heterocycles. The van der Waals surface area contributed by atoms with Crippen LogP contribution in [0.1, 0.15) is 44.9 Å². The zero-order valence-electron chi connectivity index (χ0n) is 17.5. The molecule has 3 aliphatic rings. The third kappa shape index (κ3) is 7.44. The molecule has 2 heterocycles. The first-order chi connectivity index (χ1) is 15.1. The summed E-state index contributed by atoms with van der Waals surface area (Å²) in [4.78, 5) is 49.7. The van der Waals surface area contributed by atoms with Crippen molar-refractivity contribution < 1.29 is 41.8 Å². The maximum atomic E-state index is 12.9. The third-order valence-electron chi connectivity index (χ3n) is 5.89. The van der Waals surface area contributed by atoms with E-state index in [1.165, 1.54) is 0 Å². The number of ether oxygens (including phenoxy) is 2. The van der Waals surface area contributed by atoms with Gasteiger partial charge in [0.15, 0.2) is 5.78 Å². The highest BCUT2D eigenvalue weighted by Gasteiger charge is 2.38. The van der Waals surface area contributed by atoms with Crippen LogP contribution in [0.4, 0.5) is 13.2 Å². The molecule has 3 N–H and O–H groups in total. The number of ketones is 1. The first-order valence-electron chi connectivity index (χ1n) is 10.9. The Balaban J connectivity index is 1.65. The first kappa shape index (κ1) is 24.4. The Morgan fingerprint density at radius 3 is 2.41 bits per heavy atom. The molecular formula is C20H28F3N3O6. The molecule has 3 fully saturated rings. The van der Waals surface area contributed by atoms with Crippen LogP contribution in [0.5, 0.6) is 0 Å². The molecule has 180 valence electrons. The summed E-state index contributed by atoms with van der Waals surface area (Å²) in [7, 11) is 0. The summed E-state index contributed by atoms with van der Waals surface area (Å²) < 4.78 is 46.1. The lowest BCUT2D eigenvalue weighted by atomic mass is 9.95. The molecule has 3 amide bonds. The van der Waals surface area contributed by atoms with Crippen LogP contribution in [0.2, 0.25) is 0 Å². The first-order valence-corrected chi connectivity index (χ1v) is 10.9. The lowest BCUT2D eigenvalue weighted by Crippen LogP contribution is -2.54. The van der Waals surface area contributed by atoms with Crippen molar-refractivity contribution in [2.24, 2.45) is 11.8 Å². The molecule has 1 saturated carbocycles. The Morgan fingerprint density at radius 1 is 1.09 bits per heavy atom. The second kappa shape index (κ2) is 10.6. The van der Waals surface area contributed by atoms with Crippen LogP contribution in [-0.2, 0) is 28.7 Å². The molecule has 0 aromatic heterocycles. The van der Waals surface area contributed by atoms with Gasteiger partial charge in [0.05, 0.1) is 6.04 Å². The van der Waals surface area contributed by atoms with Crippen LogP contribution >= 0.6 is 0 Å². The fraction of sp³-hybridized carbons (Fsp3) is 0.800. The molecule has 0 radical (unpaired) electrons. The summed E-state index contributed by atoms with van der Waals surface area (Å²) >= 11 is 0. The Labute approximate surface area is 183 Å². The van der Waals surface area contributed by atoms with E-state index in [1.54, 1.807) is 0 Å². The van der Waals surface area contributed by atoms with E-state index >= 15 is 0 Å². The number of nitrogens with one attached hydrogen (secondary N) is 3. The predicted molar refractivity (Wildman–Crippen MR) is 103 cm³/mol. The van der Waals surface area contributed by atoms with Gasteiger partial charge in [0.25, 0.3) is 0 Å². The van der Waals surface area contributed by atoms with Gasteiger partial charge in [-0.15, -0.1) is 13.2 Å². The van der Waals surface area contributed by atoms with Crippen molar-refractivity contribution in [2.75, 3.05) is 19.8 Å². The van der Waals surface area contributed by atoms with Crippen LogP contribution in [0.25, 0.3) is 0 Å². The van der Waals surface area contributed by atoms with Crippen LogP contribution < -0.4 is 16.0 Å². The fourth-order valence-electron chi connectivity index (χ4n) is 3.92. The average Bonchev–Trinajstić information content (AvgIpc) is 3.20. The number of rotatable bonds is 11. The molecule has 9 nitrogen and oxygen atoms in total. The normalized spacial score (nSPS) is 25.2. The summed E-state index contributed by atoms with van der Waals surface area (Å²) in [6, 6.07) is -2.30. The highest BCUT2D eigenvalue weighted by Crippen LogP contribution is 2.33. The molecule has 0 aromatic rings.